The molecule has 1 unspecified atom stereocenters. The minimum absolute atomic E-state index is 0.0787. The molecular formula is C12H18N2O. The molecule has 0 aliphatic rings. The van der Waals surface area contributed by atoms with Crippen molar-refractivity contribution >= 4 is 11.6 Å². The molecule has 0 bridgehead atoms. The fourth-order valence-corrected chi connectivity index (χ4v) is 1.47. The Morgan fingerprint density at radius 1 is 1.40 bits per heavy atom. The van der Waals surface area contributed by atoms with Crippen molar-refractivity contribution < 1.29 is 4.79 Å². The highest BCUT2D eigenvalue weighted by Crippen LogP contribution is 2.11. The molecule has 0 spiro atoms. The van der Waals surface area contributed by atoms with Crippen molar-refractivity contribution in [2.45, 2.75) is 32.7 Å². The van der Waals surface area contributed by atoms with E-state index in [-0.39, 0.29) is 11.9 Å². The number of anilines is 1. The third-order valence-electron chi connectivity index (χ3n) is 2.28. The van der Waals surface area contributed by atoms with E-state index in [1.165, 1.54) is 5.56 Å². The first-order valence-electron chi connectivity index (χ1n) is 5.25. The number of carbonyl (C=O) groups excluding carboxylic acids is 1. The molecule has 0 saturated heterocycles. The minimum atomic E-state index is -0.278. The third kappa shape index (κ3) is 4.02. The predicted molar refractivity (Wildman–Crippen MR) is 62.7 cm³/mol. The Labute approximate surface area is 90.7 Å². The van der Waals surface area contributed by atoms with Gasteiger partial charge in [0.05, 0.1) is 0 Å². The molecule has 0 radical (unpaired) electrons. The smallest absolute Gasteiger partial charge is 0.219 e. The Kier molecular flexibility index (Phi) is 4.16. The van der Waals surface area contributed by atoms with E-state index in [9.17, 15) is 4.79 Å². The summed E-state index contributed by atoms with van der Waals surface area (Å²) in [5.74, 6) is -0.278. The van der Waals surface area contributed by atoms with E-state index in [1.807, 2.05) is 19.1 Å². The summed E-state index contributed by atoms with van der Waals surface area (Å²) in [6, 6.07) is 8.29. The number of hydrogen-bond acceptors (Lipinski definition) is 2. The first-order chi connectivity index (χ1) is 7.11. The molecule has 0 saturated carbocycles. The van der Waals surface area contributed by atoms with Crippen molar-refractivity contribution in [3.05, 3.63) is 29.8 Å². The summed E-state index contributed by atoms with van der Waals surface area (Å²) in [4.78, 5) is 10.7. The molecule has 1 aromatic carbocycles. The van der Waals surface area contributed by atoms with Gasteiger partial charge in [-0.05, 0) is 31.0 Å². The Morgan fingerprint density at radius 2 is 2.00 bits per heavy atom. The van der Waals surface area contributed by atoms with Crippen molar-refractivity contribution in [1.29, 1.82) is 0 Å². The molecule has 3 nitrogen and oxygen atoms in total. The number of carbonyl (C=O) groups is 1. The normalized spacial score (nSPS) is 12.1. The van der Waals surface area contributed by atoms with E-state index in [1.54, 1.807) is 0 Å². The molecule has 0 aliphatic heterocycles. The molecule has 3 heteroatoms. The zero-order valence-corrected chi connectivity index (χ0v) is 9.29. The molecule has 3 N–H and O–H groups in total. The van der Waals surface area contributed by atoms with E-state index in [0.29, 0.717) is 6.42 Å². The van der Waals surface area contributed by atoms with Crippen LogP contribution >= 0.6 is 0 Å². The lowest BCUT2D eigenvalue weighted by Crippen LogP contribution is -2.23. The molecule has 15 heavy (non-hydrogen) atoms. The molecular weight excluding hydrogens is 188 g/mol. The highest BCUT2D eigenvalue weighted by atomic mass is 16.1. The van der Waals surface area contributed by atoms with Gasteiger partial charge in [-0.2, -0.15) is 0 Å². The van der Waals surface area contributed by atoms with Crippen LogP contribution in [-0.4, -0.2) is 11.9 Å². The number of primary amides is 1. The maximum atomic E-state index is 10.7. The number of rotatable bonds is 5. The largest absolute Gasteiger partial charge is 0.382 e. The number of hydrogen-bond donors (Lipinski definition) is 2. The van der Waals surface area contributed by atoms with Gasteiger partial charge in [0.1, 0.15) is 0 Å². The summed E-state index contributed by atoms with van der Waals surface area (Å²) in [6.07, 6.45) is 1.40. The number of nitrogens with one attached hydrogen (secondary N) is 1. The molecule has 0 heterocycles. The standard InChI is InChI=1S/C12H18N2O/c1-3-10-4-6-11(7-5-10)14-9(2)8-12(13)15/h4-7,9,14H,3,8H2,1-2H3,(H2,13,15). The summed E-state index contributed by atoms with van der Waals surface area (Å²) in [6.45, 7) is 4.07. The van der Waals surface area contributed by atoms with Crippen molar-refractivity contribution in [3.63, 3.8) is 0 Å². The molecule has 1 atom stereocenters. The van der Waals surface area contributed by atoms with Crippen LogP contribution in [0.2, 0.25) is 0 Å². The molecule has 82 valence electrons. The van der Waals surface area contributed by atoms with Crippen LogP contribution in [-0.2, 0) is 11.2 Å². The molecule has 0 aromatic heterocycles. The predicted octanol–water partition coefficient (Wildman–Crippen LogP) is 1.92. The van der Waals surface area contributed by atoms with Gasteiger partial charge in [0.15, 0.2) is 0 Å². The fraction of sp³-hybridized carbons (Fsp3) is 0.417. The molecule has 0 aliphatic carbocycles. The molecule has 0 fully saturated rings. The zero-order chi connectivity index (χ0) is 11.3. The SMILES string of the molecule is CCc1ccc(NC(C)CC(N)=O)cc1. The first-order valence-corrected chi connectivity index (χ1v) is 5.25. The fourth-order valence-electron chi connectivity index (χ4n) is 1.47. The Balaban J connectivity index is 2.53. The van der Waals surface area contributed by atoms with Crippen molar-refractivity contribution in [1.82, 2.24) is 0 Å². The van der Waals surface area contributed by atoms with Crippen molar-refractivity contribution in [2.75, 3.05) is 5.32 Å². The van der Waals surface area contributed by atoms with Gasteiger partial charge in [-0.15, -0.1) is 0 Å². The van der Waals surface area contributed by atoms with E-state index >= 15 is 0 Å². The van der Waals surface area contributed by atoms with Gasteiger partial charge in [0.25, 0.3) is 0 Å². The topological polar surface area (TPSA) is 55.1 Å². The summed E-state index contributed by atoms with van der Waals surface area (Å²) in [5.41, 5.74) is 7.45. The highest BCUT2D eigenvalue weighted by Gasteiger charge is 2.05. The van der Waals surface area contributed by atoms with Gasteiger partial charge in [-0.3, -0.25) is 4.79 Å². The average molecular weight is 206 g/mol. The zero-order valence-electron chi connectivity index (χ0n) is 9.29. The maximum absolute atomic E-state index is 10.7. The summed E-state index contributed by atoms with van der Waals surface area (Å²) < 4.78 is 0. The Morgan fingerprint density at radius 3 is 2.47 bits per heavy atom. The minimum Gasteiger partial charge on any atom is -0.382 e. The van der Waals surface area contributed by atoms with E-state index in [2.05, 4.69) is 24.4 Å². The second-order valence-electron chi connectivity index (χ2n) is 3.77. The van der Waals surface area contributed by atoms with E-state index < -0.39 is 0 Å². The van der Waals surface area contributed by atoms with Gasteiger partial charge in [-0.25, -0.2) is 0 Å². The van der Waals surface area contributed by atoms with Crippen LogP contribution in [0.5, 0.6) is 0 Å². The molecule has 1 aromatic rings. The van der Waals surface area contributed by atoms with Gasteiger partial charge in [0.2, 0.25) is 5.91 Å². The maximum Gasteiger partial charge on any atom is 0.219 e. The summed E-state index contributed by atoms with van der Waals surface area (Å²) in [7, 11) is 0. The van der Waals surface area contributed by atoms with Gasteiger partial charge in [0, 0.05) is 18.2 Å². The van der Waals surface area contributed by atoms with Crippen molar-refractivity contribution in [2.24, 2.45) is 5.73 Å². The van der Waals surface area contributed by atoms with Crippen LogP contribution in [0, 0.1) is 0 Å². The van der Waals surface area contributed by atoms with Gasteiger partial charge in [-0.1, -0.05) is 19.1 Å². The Hall–Kier alpha value is -1.51. The van der Waals surface area contributed by atoms with Crippen LogP contribution in [0.4, 0.5) is 5.69 Å². The molecule has 1 amide bonds. The van der Waals surface area contributed by atoms with Gasteiger partial charge < -0.3 is 11.1 Å². The number of nitrogens with two attached hydrogens (primary N) is 1. The van der Waals surface area contributed by atoms with E-state index in [4.69, 9.17) is 5.73 Å². The second-order valence-corrected chi connectivity index (χ2v) is 3.77. The summed E-state index contributed by atoms with van der Waals surface area (Å²) in [5, 5.41) is 3.22. The quantitative estimate of drug-likeness (QED) is 0.773. The van der Waals surface area contributed by atoms with Crippen LogP contribution in [0.1, 0.15) is 25.8 Å². The summed E-state index contributed by atoms with van der Waals surface area (Å²) >= 11 is 0. The lowest BCUT2D eigenvalue weighted by molar-refractivity contribution is -0.118. The van der Waals surface area contributed by atoms with Crippen molar-refractivity contribution in [3.8, 4) is 0 Å². The van der Waals surface area contributed by atoms with Gasteiger partial charge >= 0.3 is 0 Å². The van der Waals surface area contributed by atoms with Crippen LogP contribution in [0.15, 0.2) is 24.3 Å². The monoisotopic (exact) mass is 206 g/mol. The Bertz CT molecular complexity index is 319. The first kappa shape index (κ1) is 11.6. The van der Waals surface area contributed by atoms with Crippen LogP contribution in [0.3, 0.4) is 0 Å². The lowest BCUT2D eigenvalue weighted by Gasteiger charge is -2.13. The highest BCUT2D eigenvalue weighted by molar-refractivity contribution is 5.74. The van der Waals surface area contributed by atoms with Crippen LogP contribution in [0.25, 0.3) is 0 Å². The molecule has 1 rings (SSSR count). The number of aryl methyl sites for hydroxylation is 1. The number of amides is 1. The van der Waals surface area contributed by atoms with Crippen LogP contribution < -0.4 is 11.1 Å². The third-order valence-corrected chi connectivity index (χ3v) is 2.28. The number of benzene rings is 1. The lowest BCUT2D eigenvalue weighted by atomic mass is 10.1. The second kappa shape index (κ2) is 5.39. The van der Waals surface area contributed by atoms with E-state index in [0.717, 1.165) is 12.1 Å². The average Bonchev–Trinajstić information content (AvgIpc) is 2.17.